The number of likely N-dealkylation sites (tertiary alicyclic amines) is 1. The number of hydrogen-bond donors (Lipinski definition) is 0. The third-order valence-corrected chi connectivity index (χ3v) is 6.06. The molecule has 0 radical (unpaired) electrons. The molecule has 0 aromatic heterocycles. The number of piperidine rings is 1. The summed E-state index contributed by atoms with van der Waals surface area (Å²) in [4.78, 5) is 16.7. The quantitative estimate of drug-likeness (QED) is 0.693. The summed E-state index contributed by atoms with van der Waals surface area (Å²) in [5.74, 6) is 0.785. The van der Waals surface area contributed by atoms with Gasteiger partial charge in [-0.15, -0.1) is 0 Å². The number of benzene rings is 2. The van der Waals surface area contributed by atoms with Crippen LogP contribution in [-0.4, -0.2) is 49.9 Å². The zero-order valence-corrected chi connectivity index (χ0v) is 17.1. The van der Waals surface area contributed by atoms with Crippen molar-refractivity contribution >= 4 is 11.8 Å². The van der Waals surface area contributed by atoms with Gasteiger partial charge in [-0.05, 0) is 62.1 Å². The number of anilines is 1. The maximum atomic E-state index is 12.4. The van der Waals surface area contributed by atoms with Crippen LogP contribution >= 0.6 is 0 Å². The number of ether oxygens (including phenoxy) is 2. The molecule has 154 valence electrons. The lowest BCUT2D eigenvalue weighted by atomic mass is 9.95. The molecule has 2 aliphatic heterocycles. The van der Waals surface area contributed by atoms with Crippen molar-refractivity contribution in [3.05, 3.63) is 60.2 Å². The average molecular weight is 395 g/mol. The van der Waals surface area contributed by atoms with Crippen molar-refractivity contribution < 1.29 is 14.3 Å². The highest BCUT2D eigenvalue weighted by molar-refractivity contribution is 5.89. The number of carbonyl (C=O) groups excluding carboxylic acids is 1. The van der Waals surface area contributed by atoms with E-state index in [0.29, 0.717) is 12.6 Å². The van der Waals surface area contributed by atoms with Crippen LogP contribution in [0.1, 0.15) is 31.2 Å². The van der Waals surface area contributed by atoms with E-state index in [4.69, 9.17) is 9.47 Å². The summed E-state index contributed by atoms with van der Waals surface area (Å²) in [5.41, 5.74) is 2.26. The van der Waals surface area contributed by atoms with Crippen LogP contribution in [0, 0.1) is 0 Å². The van der Waals surface area contributed by atoms with E-state index in [9.17, 15) is 4.79 Å². The first kappa shape index (κ1) is 19.8. The monoisotopic (exact) mass is 394 g/mol. The van der Waals surface area contributed by atoms with Crippen LogP contribution in [0.25, 0.3) is 0 Å². The summed E-state index contributed by atoms with van der Waals surface area (Å²) < 4.78 is 10.9. The maximum Gasteiger partial charge on any atom is 0.414 e. The molecule has 0 spiro atoms. The fraction of sp³-hybridized carbons (Fsp3) is 0.458. The first-order valence-corrected chi connectivity index (χ1v) is 10.6. The van der Waals surface area contributed by atoms with Crippen molar-refractivity contribution in [3.63, 3.8) is 0 Å². The van der Waals surface area contributed by atoms with Gasteiger partial charge in [-0.2, -0.15) is 0 Å². The SMILES string of the molecule is COc1ccc(N2CC(CCN3CCCCC3Cc3ccccc3)OC2=O)cc1. The zero-order chi connectivity index (χ0) is 20.1. The Morgan fingerprint density at radius 3 is 2.62 bits per heavy atom. The summed E-state index contributed by atoms with van der Waals surface area (Å²) in [6, 6.07) is 18.9. The Morgan fingerprint density at radius 1 is 1.07 bits per heavy atom. The molecule has 4 rings (SSSR count). The molecule has 2 aliphatic rings. The highest BCUT2D eigenvalue weighted by Crippen LogP contribution is 2.26. The predicted octanol–water partition coefficient (Wildman–Crippen LogP) is 4.51. The molecule has 29 heavy (non-hydrogen) atoms. The molecule has 2 fully saturated rings. The molecule has 0 bridgehead atoms. The lowest BCUT2D eigenvalue weighted by Gasteiger charge is -2.36. The summed E-state index contributed by atoms with van der Waals surface area (Å²) in [6.45, 7) is 2.73. The van der Waals surface area contributed by atoms with Crippen LogP contribution in [-0.2, 0) is 11.2 Å². The van der Waals surface area contributed by atoms with Crippen LogP contribution in [0.3, 0.4) is 0 Å². The molecule has 0 N–H and O–H groups in total. The number of nitrogens with zero attached hydrogens (tertiary/aromatic N) is 2. The number of carbonyl (C=O) groups is 1. The smallest absolute Gasteiger partial charge is 0.414 e. The van der Waals surface area contributed by atoms with Crippen molar-refractivity contribution in [2.24, 2.45) is 0 Å². The Labute approximate surface area is 173 Å². The Balaban J connectivity index is 1.32. The van der Waals surface area contributed by atoms with Crippen LogP contribution in [0.15, 0.2) is 54.6 Å². The molecular formula is C24H30N2O3. The molecule has 0 aliphatic carbocycles. The molecule has 2 aromatic rings. The summed E-state index contributed by atoms with van der Waals surface area (Å²) >= 11 is 0. The van der Waals surface area contributed by atoms with Crippen molar-refractivity contribution in [2.45, 2.75) is 44.2 Å². The van der Waals surface area contributed by atoms with Gasteiger partial charge in [-0.1, -0.05) is 36.8 Å². The summed E-state index contributed by atoms with van der Waals surface area (Å²) in [7, 11) is 1.64. The highest BCUT2D eigenvalue weighted by atomic mass is 16.6. The molecule has 5 heteroatoms. The van der Waals surface area contributed by atoms with Gasteiger partial charge < -0.3 is 9.47 Å². The normalized spacial score (nSPS) is 22.5. The van der Waals surface area contributed by atoms with Gasteiger partial charge in [0.2, 0.25) is 0 Å². The third-order valence-electron chi connectivity index (χ3n) is 6.06. The van der Waals surface area contributed by atoms with Crippen LogP contribution in [0.2, 0.25) is 0 Å². The van der Waals surface area contributed by atoms with Gasteiger partial charge in [0.25, 0.3) is 0 Å². The number of cyclic esters (lactones) is 1. The van der Waals surface area contributed by atoms with Crippen molar-refractivity contribution in [1.29, 1.82) is 0 Å². The largest absolute Gasteiger partial charge is 0.497 e. The molecule has 1 amide bonds. The van der Waals surface area contributed by atoms with Gasteiger partial charge in [-0.3, -0.25) is 9.80 Å². The molecule has 5 nitrogen and oxygen atoms in total. The molecule has 0 saturated carbocycles. The number of hydrogen-bond acceptors (Lipinski definition) is 4. The minimum Gasteiger partial charge on any atom is -0.497 e. The topological polar surface area (TPSA) is 42.0 Å². The fourth-order valence-corrected chi connectivity index (χ4v) is 4.43. The Morgan fingerprint density at radius 2 is 1.86 bits per heavy atom. The van der Waals surface area contributed by atoms with Gasteiger partial charge in [0.15, 0.2) is 0 Å². The first-order chi connectivity index (χ1) is 14.2. The number of methoxy groups -OCH3 is 1. The number of amides is 1. The molecule has 2 heterocycles. The molecule has 2 saturated heterocycles. The summed E-state index contributed by atoms with van der Waals surface area (Å²) in [5, 5.41) is 0. The summed E-state index contributed by atoms with van der Waals surface area (Å²) in [6.07, 6.45) is 5.49. The highest BCUT2D eigenvalue weighted by Gasteiger charge is 2.33. The predicted molar refractivity (Wildman–Crippen MR) is 115 cm³/mol. The van der Waals surface area contributed by atoms with E-state index in [2.05, 4.69) is 35.2 Å². The van der Waals surface area contributed by atoms with Gasteiger partial charge in [0, 0.05) is 18.3 Å². The standard InChI is InChI=1S/C24H30N2O3/c1-28-22-12-10-20(11-13-22)26-18-23(29-24(26)27)14-16-25-15-6-5-9-21(25)17-19-7-3-2-4-8-19/h2-4,7-8,10-13,21,23H,5-6,9,14-18H2,1H3. The Kier molecular flexibility index (Phi) is 6.35. The number of rotatable bonds is 7. The third kappa shape index (κ3) is 4.91. The molecule has 2 aromatic carbocycles. The van der Waals surface area contributed by atoms with Crippen LogP contribution in [0.5, 0.6) is 5.75 Å². The Bertz CT molecular complexity index is 794. The van der Waals surface area contributed by atoms with Gasteiger partial charge in [-0.25, -0.2) is 4.79 Å². The van der Waals surface area contributed by atoms with Gasteiger partial charge in [0.05, 0.1) is 13.7 Å². The first-order valence-electron chi connectivity index (χ1n) is 10.6. The van der Waals surface area contributed by atoms with E-state index in [1.807, 2.05) is 24.3 Å². The van der Waals surface area contributed by atoms with E-state index in [1.165, 1.54) is 24.8 Å². The fourth-order valence-electron chi connectivity index (χ4n) is 4.43. The maximum absolute atomic E-state index is 12.4. The average Bonchev–Trinajstić information content (AvgIpc) is 3.14. The molecule has 2 atom stereocenters. The van der Waals surface area contributed by atoms with Crippen LogP contribution < -0.4 is 9.64 Å². The second-order valence-electron chi connectivity index (χ2n) is 7.98. The van der Waals surface area contributed by atoms with E-state index in [-0.39, 0.29) is 12.2 Å². The second kappa shape index (κ2) is 9.31. The second-order valence-corrected chi connectivity index (χ2v) is 7.98. The van der Waals surface area contributed by atoms with Crippen molar-refractivity contribution in [3.8, 4) is 5.75 Å². The minimum absolute atomic E-state index is 0.0519. The van der Waals surface area contributed by atoms with Crippen LogP contribution in [0.4, 0.5) is 10.5 Å². The van der Waals surface area contributed by atoms with Crippen molar-refractivity contribution in [1.82, 2.24) is 4.90 Å². The van der Waals surface area contributed by atoms with Gasteiger partial charge in [0.1, 0.15) is 11.9 Å². The zero-order valence-electron chi connectivity index (χ0n) is 17.1. The van der Waals surface area contributed by atoms with E-state index in [1.54, 1.807) is 12.0 Å². The lowest BCUT2D eigenvalue weighted by Crippen LogP contribution is -2.42. The minimum atomic E-state index is -0.250. The Hall–Kier alpha value is -2.53. The van der Waals surface area contributed by atoms with E-state index < -0.39 is 0 Å². The van der Waals surface area contributed by atoms with Gasteiger partial charge >= 0.3 is 6.09 Å². The van der Waals surface area contributed by atoms with E-state index >= 15 is 0 Å². The lowest BCUT2D eigenvalue weighted by molar-refractivity contribution is 0.102. The molecule has 2 unspecified atom stereocenters. The van der Waals surface area contributed by atoms with E-state index in [0.717, 1.165) is 37.4 Å². The van der Waals surface area contributed by atoms with Crippen molar-refractivity contribution in [2.75, 3.05) is 31.6 Å². The molecular weight excluding hydrogens is 364 g/mol.